The van der Waals surface area contributed by atoms with Gasteiger partial charge in [0.1, 0.15) is 11.8 Å². The van der Waals surface area contributed by atoms with E-state index in [0.717, 1.165) is 9.13 Å². The second kappa shape index (κ2) is 8.16. The Bertz CT molecular complexity index is 1250. The van der Waals surface area contributed by atoms with Crippen LogP contribution in [0.1, 0.15) is 15.9 Å². The van der Waals surface area contributed by atoms with Crippen molar-refractivity contribution in [2.45, 2.75) is 0 Å². The van der Waals surface area contributed by atoms with Crippen LogP contribution in [0.5, 0.6) is 11.6 Å². The van der Waals surface area contributed by atoms with Gasteiger partial charge in [-0.15, -0.1) is 0 Å². The average Bonchev–Trinajstić information content (AvgIpc) is 2.72. The van der Waals surface area contributed by atoms with E-state index < -0.39 is 11.2 Å². The number of anilines is 1. The van der Waals surface area contributed by atoms with Gasteiger partial charge in [-0.2, -0.15) is 5.26 Å². The molecular weight excluding hydrogens is 440 g/mol. The van der Waals surface area contributed by atoms with Gasteiger partial charge in [0.05, 0.1) is 5.56 Å². The molecule has 0 aliphatic carbocycles. The van der Waals surface area contributed by atoms with Gasteiger partial charge in [-0.3, -0.25) is 18.7 Å². The molecule has 1 amide bonds. The van der Waals surface area contributed by atoms with Crippen LogP contribution in [0.4, 0.5) is 5.69 Å². The third-order valence-electron chi connectivity index (χ3n) is 4.17. The number of benzene rings is 2. The minimum atomic E-state index is -0.733. The number of carbonyl (C=O) groups is 1. The highest BCUT2D eigenvalue weighted by atomic mass is 79.9. The second-order valence-electron chi connectivity index (χ2n) is 6.06. The lowest BCUT2D eigenvalue weighted by molar-refractivity contribution is 0.102. The second-order valence-corrected chi connectivity index (χ2v) is 6.91. The number of nitrogens with one attached hydrogen (secondary N) is 1. The smallest absolute Gasteiger partial charge is 0.333 e. The Morgan fingerprint density at radius 2 is 1.72 bits per heavy atom. The van der Waals surface area contributed by atoms with Gasteiger partial charge in [-0.05, 0) is 52.3 Å². The van der Waals surface area contributed by atoms with Crippen LogP contribution in [0, 0.1) is 11.3 Å². The summed E-state index contributed by atoms with van der Waals surface area (Å²) in [7, 11) is 2.70. The van der Waals surface area contributed by atoms with E-state index in [1.807, 2.05) is 6.07 Å². The van der Waals surface area contributed by atoms with Gasteiger partial charge in [0.15, 0.2) is 5.56 Å². The van der Waals surface area contributed by atoms with Gasteiger partial charge in [0.25, 0.3) is 11.5 Å². The lowest BCUT2D eigenvalue weighted by Crippen LogP contribution is -2.38. The van der Waals surface area contributed by atoms with Crippen LogP contribution in [-0.4, -0.2) is 15.0 Å². The van der Waals surface area contributed by atoms with E-state index >= 15 is 0 Å². The lowest BCUT2D eigenvalue weighted by Gasteiger charge is -2.13. The first-order valence-corrected chi connectivity index (χ1v) is 9.16. The molecule has 0 radical (unpaired) electrons. The molecule has 0 saturated heterocycles. The molecule has 0 aliphatic rings. The number of rotatable bonds is 4. The number of amides is 1. The molecule has 29 heavy (non-hydrogen) atoms. The zero-order chi connectivity index (χ0) is 21.1. The van der Waals surface area contributed by atoms with Crippen molar-refractivity contribution in [1.29, 1.82) is 5.26 Å². The standard InChI is InChI=1S/C20H15BrN4O4/c1-24-18(27)15(11-22)19(25(2)20(24)28)29-13-9-7-12(8-10-13)23-17(26)14-5-3-4-6-16(14)21/h3-10H,1-2H3,(H,23,26). The number of nitriles is 1. The molecule has 146 valence electrons. The van der Waals surface area contributed by atoms with E-state index in [1.54, 1.807) is 48.5 Å². The van der Waals surface area contributed by atoms with Crippen molar-refractivity contribution < 1.29 is 9.53 Å². The zero-order valence-corrected chi connectivity index (χ0v) is 17.1. The quantitative estimate of drug-likeness (QED) is 0.652. The van der Waals surface area contributed by atoms with Crippen molar-refractivity contribution in [3.8, 4) is 17.7 Å². The highest BCUT2D eigenvalue weighted by Gasteiger charge is 2.17. The number of nitrogens with zero attached hydrogens (tertiary/aromatic N) is 3. The summed E-state index contributed by atoms with van der Waals surface area (Å²) in [6.07, 6.45) is 0. The fourth-order valence-corrected chi connectivity index (χ4v) is 3.07. The van der Waals surface area contributed by atoms with Crippen molar-refractivity contribution in [3.05, 3.63) is 85.0 Å². The van der Waals surface area contributed by atoms with Gasteiger partial charge < -0.3 is 10.1 Å². The molecule has 0 atom stereocenters. The van der Waals surface area contributed by atoms with Crippen LogP contribution < -0.4 is 21.3 Å². The maximum Gasteiger partial charge on any atom is 0.333 e. The van der Waals surface area contributed by atoms with Crippen LogP contribution in [0.3, 0.4) is 0 Å². The van der Waals surface area contributed by atoms with Crippen molar-refractivity contribution in [1.82, 2.24) is 9.13 Å². The summed E-state index contributed by atoms with van der Waals surface area (Å²) < 4.78 is 8.22. The van der Waals surface area contributed by atoms with Crippen molar-refractivity contribution >= 4 is 27.5 Å². The molecule has 8 nitrogen and oxygen atoms in total. The van der Waals surface area contributed by atoms with E-state index in [9.17, 15) is 19.6 Å². The Kier molecular flexibility index (Phi) is 5.66. The molecule has 0 spiro atoms. The molecule has 0 bridgehead atoms. The highest BCUT2D eigenvalue weighted by Crippen LogP contribution is 2.24. The molecule has 0 fully saturated rings. The van der Waals surface area contributed by atoms with E-state index in [4.69, 9.17) is 4.74 Å². The molecule has 1 N–H and O–H groups in total. The van der Waals surface area contributed by atoms with Gasteiger partial charge in [-0.25, -0.2) is 4.79 Å². The summed E-state index contributed by atoms with van der Waals surface area (Å²) in [5, 5.41) is 12.0. The fourth-order valence-electron chi connectivity index (χ4n) is 2.60. The van der Waals surface area contributed by atoms with Crippen LogP contribution in [0.15, 0.2) is 62.6 Å². The highest BCUT2D eigenvalue weighted by molar-refractivity contribution is 9.10. The number of hydrogen-bond acceptors (Lipinski definition) is 5. The first-order valence-electron chi connectivity index (χ1n) is 8.37. The summed E-state index contributed by atoms with van der Waals surface area (Å²) in [6, 6.07) is 15.1. The first kappa shape index (κ1) is 20.1. The van der Waals surface area contributed by atoms with E-state index in [-0.39, 0.29) is 17.4 Å². The minimum absolute atomic E-state index is 0.148. The largest absolute Gasteiger partial charge is 0.439 e. The average molecular weight is 455 g/mol. The molecular formula is C20H15BrN4O4. The number of carbonyl (C=O) groups excluding carboxylic acids is 1. The third kappa shape index (κ3) is 3.97. The van der Waals surface area contributed by atoms with Crippen LogP contribution in [0.2, 0.25) is 0 Å². The van der Waals surface area contributed by atoms with E-state index in [2.05, 4.69) is 21.2 Å². The zero-order valence-electron chi connectivity index (χ0n) is 15.5. The molecule has 0 saturated carbocycles. The van der Waals surface area contributed by atoms with E-state index in [0.29, 0.717) is 21.5 Å². The van der Waals surface area contributed by atoms with E-state index in [1.165, 1.54) is 14.1 Å². The monoisotopic (exact) mass is 454 g/mol. The fraction of sp³-hybridized carbons (Fsp3) is 0.100. The predicted molar refractivity (Wildman–Crippen MR) is 110 cm³/mol. The SMILES string of the molecule is Cn1c(Oc2ccc(NC(=O)c3ccccc3Br)cc2)c(C#N)c(=O)n(C)c1=O. The van der Waals surface area contributed by atoms with Crippen molar-refractivity contribution in [2.75, 3.05) is 5.32 Å². The molecule has 3 aromatic rings. The summed E-state index contributed by atoms with van der Waals surface area (Å²) in [5.74, 6) is -0.138. The van der Waals surface area contributed by atoms with Gasteiger partial charge in [0, 0.05) is 24.3 Å². The topological polar surface area (TPSA) is 106 Å². The number of aromatic nitrogens is 2. The molecule has 0 aliphatic heterocycles. The summed E-state index contributed by atoms with van der Waals surface area (Å²) in [5.41, 5.74) is -0.608. The maximum absolute atomic E-state index is 12.4. The number of halogens is 1. The normalized spacial score (nSPS) is 10.3. The molecule has 1 heterocycles. The summed E-state index contributed by atoms with van der Waals surface area (Å²) in [6.45, 7) is 0. The number of hydrogen-bond donors (Lipinski definition) is 1. The molecule has 2 aromatic carbocycles. The predicted octanol–water partition coefficient (Wildman–Crippen LogP) is 2.76. The van der Waals surface area contributed by atoms with Gasteiger partial charge in [-0.1, -0.05) is 12.1 Å². The molecule has 1 aromatic heterocycles. The Morgan fingerprint density at radius 1 is 1.07 bits per heavy atom. The minimum Gasteiger partial charge on any atom is -0.439 e. The maximum atomic E-state index is 12.4. The Balaban J connectivity index is 1.85. The Labute approximate surface area is 173 Å². The van der Waals surface area contributed by atoms with Crippen LogP contribution >= 0.6 is 15.9 Å². The molecule has 0 unspecified atom stereocenters. The number of ether oxygens (including phenoxy) is 1. The molecule has 3 rings (SSSR count). The lowest BCUT2D eigenvalue weighted by atomic mass is 10.2. The van der Waals surface area contributed by atoms with Crippen molar-refractivity contribution in [2.24, 2.45) is 14.1 Å². The van der Waals surface area contributed by atoms with Gasteiger partial charge in [0.2, 0.25) is 5.88 Å². The van der Waals surface area contributed by atoms with Crippen LogP contribution in [0.25, 0.3) is 0 Å². The first-order chi connectivity index (χ1) is 13.8. The Hall–Kier alpha value is -3.64. The summed E-state index contributed by atoms with van der Waals surface area (Å²) >= 11 is 3.33. The summed E-state index contributed by atoms with van der Waals surface area (Å²) in [4.78, 5) is 36.6. The third-order valence-corrected chi connectivity index (χ3v) is 4.86. The molecule has 9 heteroatoms. The Morgan fingerprint density at radius 3 is 2.34 bits per heavy atom. The van der Waals surface area contributed by atoms with Gasteiger partial charge >= 0.3 is 5.69 Å². The van der Waals surface area contributed by atoms with Crippen molar-refractivity contribution in [3.63, 3.8) is 0 Å². The van der Waals surface area contributed by atoms with Crippen LogP contribution in [-0.2, 0) is 14.1 Å².